The maximum atomic E-state index is 12.7. The maximum absolute atomic E-state index is 12.7. The molecule has 0 N–H and O–H groups in total. The number of pyridine rings is 1. The number of methoxy groups -OCH3 is 2. The van der Waals surface area contributed by atoms with Crippen LogP contribution in [0.25, 0.3) is 0 Å². The molecule has 1 aliphatic rings. The average Bonchev–Trinajstić information content (AvgIpc) is 2.73. The Bertz CT molecular complexity index is 787. The molecule has 1 aliphatic heterocycles. The molecule has 0 saturated carbocycles. The number of rotatable bonds is 4. The molecular weight excluding hydrogens is 334 g/mol. The summed E-state index contributed by atoms with van der Waals surface area (Å²) in [6.45, 7) is 1.98. The van der Waals surface area contributed by atoms with Gasteiger partial charge in [0.1, 0.15) is 0 Å². The second-order valence-electron chi connectivity index (χ2n) is 5.89. The number of hydrogen-bond donors (Lipinski definition) is 0. The molecule has 0 unspecified atom stereocenters. The maximum Gasteiger partial charge on any atom is 0.254 e. The Morgan fingerprint density at radius 1 is 0.808 bits per heavy atom. The fraction of sp³-hybridized carbons (Fsp3) is 0.316. The summed E-state index contributed by atoms with van der Waals surface area (Å²) in [6.07, 6.45) is 3.20. The fourth-order valence-electron chi connectivity index (χ4n) is 2.94. The van der Waals surface area contributed by atoms with E-state index in [2.05, 4.69) is 4.98 Å². The Labute approximate surface area is 152 Å². The van der Waals surface area contributed by atoms with Crippen LogP contribution < -0.4 is 9.47 Å². The van der Waals surface area contributed by atoms with Crippen molar-refractivity contribution >= 4 is 11.8 Å². The molecule has 2 aromatic rings. The van der Waals surface area contributed by atoms with Crippen LogP contribution in [0.5, 0.6) is 11.5 Å². The SMILES string of the molecule is COc1ccc(C(=O)N2CCN(C(=O)c3ccncc3)CC2)cc1OC. The van der Waals surface area contributed by atoms with E-state index >= 15 is 0 Å². The van der Waals surface area contributed by atoms with Crippen molar-refractivity contribution in [3.05, 3.63) is 53.9 Å². The second kappa shape index (κ2) is 7.86. The number of carbonyl (C=O) groups excluding carboxylic acids is 2. The van der Waals surface area contributed by atoms with Crippen molar-refractivity contribution < 1.29 is 19.1 Å². The van der Waals surface area contributed by atoms with Crippen LogP contribution >= 0.6 is 0 Å². The van der Waals surface area contributed by atoms with E-state index in [1.807, 2.05) is 0 Å². The zero-order chi connectivity index (χ0) is 18.5. The Hall–Kier alpha value is -3.09. The summed E-state index contributed by atoms with van der Waals surface area (Å²) in [5.74, 6) is 0.981. The normalized spacial score (nSPS) is 14.1. The third kappa shape index (κ3) is 3.61. The minimum absolute atomic E-state index is 0.0365. The molecule has 0 spiro atoms. The number of benzene rings is 1. The van der Waals surface area contributed by atoms with Crippen molar-refractivity contribution in [1.82, 2.24) is 14.8 Å². The van der Waals surface area contributed by atoms with Gasteiger partial charge >= 0.3 is 0 Å². The van der Waals surface area contributed by atoms with Crippen molar-refractivity contribution in [3.8, 4) is 11.5 Å². The lowest BCUT2D eigenvalue weighted by Gasteiger charge is -2.35. The molecule has 1 aromatic heterocycles. The van der Waals surface area contributed by atoms with Gasteiger partial charge in [0.2, 0.25) is 0 Å². The van der Waals surface area contributed by atoms with Crippen LogP contribution in [0.4, 0.5) is 0 Å². The summed E-state index contributed by atoms with van der Waals surface area (Å²) in [5.41, 5.74) is 1.15. The van der Waals surface area contributed by atoms with Crippen LogP contribution in [0.3, 0.4) is 0 Å². The molecule has 26 heavy (non-hydrogen) atoms. The van der Waals surface area contributed by atoms with E-state index in [9.17, 15) is 9.59 Å². The number of nitrogens with zero attached hydrogens (tertiary/aromatic N) is 3. The van der Waals surface area contributed by atoms with Gasteiger partial charge in [-0.25, -0.2) is 0 Å². The van der Waals surface area contributed by atoms with Crippen molar-refractivity contribution in [3.63, 3.8) is 0 Å². The summed E-state index contributed by atoms with van der Waals surface area (Å²) in [6, 6.07) is 8.51. The largest absolute Gasteiger partial charge is 0.493 e. The van der Waals surface area contributed by atoms with Crippen LogP contribution in [0.15, 0.2) is 42.7 Å². The molecule has 7 nitrogen and oxygen atoms in total. The highest BCUT2D eigenvalue weighted by atomic mass is 16.5. The summed E-state index contributed by atoms with van der Waals surface area (Å²) >= 11 is 0. The lowest BCUT2D eigenvalue weighted by Crippen LogP contribution is -2.50. The van der Waals surface area contributed by atoms with Crippen LogP contribution in [0.1, 0.15) is 20.7 Å². The molecule has 0 radical (unpaired) electrons. The number of amides is 2. The van der Waals surface area contributed by atoms with Gasteiger partial charge in [-0.3, -0.25) is 14.6 Å². The number of carbonyl (C=O) groups is 2. The Morgan fingerprint density at radius 3 is 1.88 bits per heavy atom. The minimum atomic E-state index is -0.0815. The molecule has 0 atom stereocenters. The molecule has 136 valence electrons. The zero-order valence-corrected chi connectivity index (χ0v) is 14.8. The van der Waals surface area contributed by atoms with Crippen LogP contribution in [0.2, 0.25) is 0 Å². The van der Waals surface area contributed by atoms with Gasteiger partial charge in [-0.2, -0.15) is 0 Å². The summed E-state index contributed by atoms with van der Waals surface area (Å²) in [5, 5.41) is 0. The topological polar surface area (TPSA) is 72.0 Å². The number of piperazine rings is 1. The van der Waals surface area contributed by atoms with Gasteiger partial charge in [-0.15, -0.1) is 0 Å². The van der Waals surface area contributed by atoms with Gasteiger partial charge in [0.05, 0.1) is 14.2 Å². The first kappa shape index (κ1) is 17.7. The number of hydrogen-bond acceptors (Lipinski definition) is 5. The first-order valence-corrected chi connectivity index (χ1v) is 8.34. The molecule has 1 saturated heterocycles. The monoisotopic (exact) mass is 355 g/mol. The van der Waals surface area contributed by atoms with Crippen LogP contribution in [-0.4, -0.2) is 67.0 Å². The minimum Gasteiger partial charge on any atom is -0.493 e. The lowest BCUT2D eigenvalue weighted by molar-refractivity contribution is 0.0535. The first-order valence-electron chi connectivity index (χ1n) is 8.34. The van der Waals surface area contributed by atoms with Gasteiger partial charge in [0, 0.05) is 49.7 Å². The predicted molar refractivity (Wildman–Crippen MR) is 95.6 cm³/mol. The molecule has 7 heteroatoms. The third-order valence-electron chi connectivity index (χ3n) is 4.41. The quantitative estimate of drug-likeness (QED) is 0.835. The van der Waals surface area contributed by atoms with E-state index in [0.29, 0.717) is 48.8 Å². The average molecular weight is 355 g/mol. The summed E-state index contributed by atoms with van der Waals surface area (Å²) in [7, 11) is 3.09. The lowest BCUT2D eigenvalue weighted by atomic mass is 10.1. The van der Waals surface area contributed by atoms with E-state index < -0.39 is 0 Å². The molecule has 0 aliphatic carbocycles. The first-order chi connectivity index (χ1) is 12.6. The summed E-state index contributed by atoms with van der Waals surface area (Å²) in [4.78, 5) is 32.6. The summed E-state index contributed by atoms with van der Waals surface area (Å²) < 4.78 is 10.5. The second-order valence-corrected chi connectivity index (χ2v) is 5.89. The van der Waals surface area contributed by atoms with Crippen molar-refractivity contribution in [1.29, 1.82) is 0 Å². The van der Waals surface area contributed by atoms with Crippen molar-refractivity contribution in [2.45, 2.75) is 0 Å². The Kier molecular flexibility index (Phi) is 5.36. The molecule has 2 amide bonds. The van der Waals surface area contributed by atoms with E-state index in [1.54, 1.807) is 59.6 Å². The van der Waals surface area contributed by atoms with E-state index in [-0.39, 0.29) is 11.8 Å². The van der Waals surface area contributed by atoms with E-state index in [1.165, 1.54) is 7.11 Å². The van der Waals surface area contributed by atoms with E-state index in [4.69, 9.17) is 9.47 Å². The molecule has 3 rings (SSSR count). The van der Waals surface area contributed by atoms with Gasteiger partial charge in [0.15, 0.2) is 11.5 Å². The highest BCUT2D eigenvalue weighted by molar-refractivity contribution is 5.96. The Balaban J connectivity index is 1.64. The highest BCUT2D eigenvalue weighted by Crippen LogP contribution is 2.28. The highest BCUT2D eigenvalue weighted by Gasteiger charge is 2.26. The third-order valence-corrected chi connectivity index (χ3v) is 4.41. The van der Waals surface area contributed by atoms with Gasteiger partial charge in [-0.05, 0) is 30.3 Å². The zero-order valence-electron chi connectivity index (χ0n) is 14.8. The van der Waals surface area contributed by atoms with Crippen LogP contribution in [-0.2, 0) is 0 Å². The van der Waals surface area contributed by atoms with Crippen molar-refractivity contribution in [2.75, 3.05) is 40.4 Å². The van der Waals surface area contributed by atoms with Gasteiger partial charge in [-0.1, -0.05) is 0 Å². The smallest absolute Gasteiger partial charge is 0.254 e. The van der Waals surface area contributed by atoms with Crippen LogP contribution in [0, 0.1) is 0 Å². The predicted octanol–water partition coefficient (Wildman–Crippen LogP) is 1.70. The number of ether oxygens (including phenoxy) is 2. The van der Waals surface area contributed by atoms with Crippen molar-refractivity contribution in [2.24, 2.45) is 0 Å². The van der Waals surface area contributed by atoms with Gasteiger partial charge < -0.3 is 19.3 Å². The van der Waals surface area contributed by atoms with E-state index in [0.717, 1.165) is 0 Å². The van der Waals surface area contributed by atoms with Gasteiger partial charge in [0.25, 0.3) is 11.8 Å². The molecule has 1 aromatic carbocycles. The number of aromatic nitrogens is 1. The standard InChI is InChI=1S/C19H21N3O4/c1-25-16-4-3-15(13-17(16)26-2)19(24)22-11-9-21(10-12-22)18(23)14-5-7-20-8-6-14/h3-8,13H,9-12H2,1-2H3. The Morgan fingerprint density at radius 2 is 1.35 bits per heavy atom. The molecule has 0 bridgehead atoms. The fourth-order valence-corrected chi connectivity index (χ4v) is 2.94. The molecule has 1 fully saturated rings. The molecule has 2 heterocycles. The molecular formula is C19H21N3O4.